The fraction of sp³-hybridized carbons (Fsp3) is 0.250. The average Bonchev–Trinajstić information content (AvgIpc) is 3.32. The molecule has 1 fully saturated rings. The quantitative estimate of drug-likeness (QED) is 0.322. The molecule has 4 atom stereocenters. The van der Waals surface area contributed by atoms with Gasteiger partial charge >= 0.3 is 7.82 Å². The summed E-state index contributed by atoms with van der Waals surface area (Å²) in [4.78, 5) is 30.8. The molecule has 32 heavy (non-hydrogen) atoms. The average molecular weight is 458 g/mol. The van der Waals surface area contributed by atoms with Gasteiger partial charge in [0.25, 0.3) is 0 Å². The highest BCUT2D eigenvalue weighted by Gasteiger charge is 2.45. The van der Waals surface area contributed by atoms with Gasteiger partial charge in [0.1, 0.15) is 35.8 Å². The van der Waals surface area contributed by atoms with Crippen molar-refractivity contribution in [2.75, 3.05) is 6.61 Å². The number of benzene rings is 2. The van der Waals surface area contributed by atoms with Gasteiger partial charge in [0, 0.05) is 5.56 Å². The number of imidazole rings is 1. The van der Waals surface area contributed by atoms with Crippen LogP contribution in [0, 0.1) is 0 Å². The molecule has 0 radical (unpaired) electrons. The Morgan fingerprint density at radius 2 is 1.81 bits per heavy atom. The van der Waals surface area contributed by atoms with Crippen LogP contribution < -0.4 is 0 Å². The zero-order valence-electron chi connectivity index (χ0n) is 16.5. The van der Waals surface area contributed by atoms with Gasteiger partial charge in [0.05, 0.1) is 12.9 Å². The van der Waals surface area contributed by atoms with Crippen LogP contribution in [0.15, 0.2) is 55.1 Å². The van der Waals surface area contributed by atoms with Gasteiger partial charge in [-0.1, -0.05) is 36.4 Å². The van der Waals surface area contributed by atoms with E-state index in [-0.39, 0.29) is 0 Å². The lowest BCUT2D eigenvalue weighted by atomic mass is 10.0. The molecule has 4 N–H and O–H groups in total. The third-order valence-electron chi connectivity index (χ3n) is 5.40. The first-order valence-electron chi connectivity index (χ1n) is 9.70. The minimum absolute atomic E-state index is 0.371. The Hall–Kier alpha value is -2.76. The summed E-state index contributed by atoms with van der Waals surface area (Å²) in [6, 6.07) is 13.8. The molecule has 1 aliphatic rings. The van der Waals surface area contributed by atoms with Crippen molar-refractivity contribution in [1.29, 1.82) is 0 Å². The van der Waals surface area contributed by atoms with Gasteiger partial charge in [0.2, 0.25) is 0 Å². The van der Waals surface area contributed by atoms with Crippen molar-refractivity contribution >= 4 is 29.8 Å². The van der Waals surface area contributed by atoms with Crippen LogP contribution in [0.1, 0.15) is 6.23 Å². The number of hydrogen-bond acceptors (Lipinski definition) is 8. The second-order valence-electron chi connectivity index (χ2n) is 7.44. The summed E-state index contributed by atoms with van der Waals surface area (Å²) in [5.41, 5.74) is 2.27. The number of hydrogen-bond donors (Lipinski definition) is 4. The van der Waals surface area contributed by atoms with Gasteiger partial charge in [-0.3, -0.25) is 9.09 Å². The lowest BCUT2D eigenvalue weighted by Gasteiger charge is -2.16. The van der Waals surface area contributed by atoms with Crippen LogP contribution in [0.2, 0.25) is 0 Å². The van der Waals surface area contributed by atoms with Crippen molar-refractivity contribution in [2.45, 2.75) is 24.5 Å². The molecule has 4 aromatic rings. The molecule has 12 heteroatoms. The van der Waals surface area contributed by atoms with Crippen molar-refractivity contribution in [3.63, 3.8) is 0 Å². The SMILES string of the molecule is O=P(O)(O)OC[C@H]1O[C@@H](n2cnc3c(-c4ccc5ccccc5c4)ncnc32)[C@H](O)[C@@H]1O. The predicted molar refractivity (Wildman–Crippen MR) is 112 cm³/mol. The third-order valence-corrected chi connectivity index (χ3v) is 5.89. The van der Waals surface area contributed by atoms with Crippen LogP contribution in [0.3, 0.4) is 0 Å². The fourth-order valence-corrected chi connectivity index (χ4v) is 4.19. The van der Waals surface area contributed by atoms with Crippen LogP contribution in [0.5, 0.6) is 0 Å². The van der Waals surface area contributed by atoms with E-state index in [4.69, 9.17) is 14.5 Å². The molecule has 166 valence electrons. The van der Waals surface area contributed by atoms with E-state index in [9.17, 15) is 14.8 Å². The first kappa shape index (κ1) is 21.1. The van der Waals surface area contributed by atoms with Crippen LogP contribution in [0.25, 0.3) is 33.2 Å². The van der Waals surface area contributed by atoms with E-state index >= 15 is 0 Å². The Balaban J connectivity index is 1.49. The number of aromatic nitrogens is 4. The van der Waals surface area contributed by atoms with E-state index in [1.165, 1.54) is 17.2 Å². The van der Waals surface area contributed by atoms with Crippen molar-refractivity contribution in [3.05, 3.63) is 55.1 Å². The molecule has 1 aliphatic heterocycles. The normalized spacial score (nSPS) is 23.9. The van der Waals surface area contributed by atoms with Crippen LogP contribution in [-0.4, -0.2) is 64.4 Å². The van der Waals surface area contributed by atoms with Gasteiger partial charge in [-0.05, 0) is 16.8 Å². The number of fused-ring (bicyclic) bond motifs is 2. The van der Waals surface area contributed by atoms with Gasteiger partial charge in [0.15, 0.2) is 11.9 Å². The number of ether oxygens (including phenoxy) is 1. The van der Waals surface area contributed by atoms with Gasteiger partial charge in [-0.25, -0.2) is 19.5 Å². The number of rotatable bonds is 5. The summed E-state index contributed by atoms with van der Waals surface area (Å²) in [6.07, 6.45) is -2.27. The van der Waals surface area contributed by atoms with E-state index in [0.717, 1.165) is 16.3 Å². The highest BCUT2D eigenvalue weighted by molar-refractivity contribution is 7.46. The molecular formula is C20H19N4O7P. The van der Waals surface area contributed by atoms with Gasteiger partial charge < -0.3 is 24.7 Å². The number of phosphoric acid groups is 1. The van der Waals surface area contributed by atoms with Gasteiger partial charge in [-0.2, -0.15) is 0 Å². The van der Waals surface area contributed by atoms with Crippen LogP contribution >= 0.6 is 7.82 Å². The summed E-state index contributed by atoms with van der Waals surface area (Å²) in [5, 5.41) is 22.9. The van der Waals surface area contributed by atoms with E-state index in [2.05, 4.69) is 19.5 Å². The molecule has 2 aromatic carbocycles. The highest BCUT2D eigenvalue weighted by atomic mass is 31.2. The summed E-state index contributed by atoms with van der Waals surface area (Å²) in [7, 11) is -4.75. The minimum Gasteiger partial charge on any atom is -0.387 e. The van der Waals surface area contributed by atoms with Crippen LogP contribution in [0.4, 0.5) is 0 Å². The summed E-state index contributed by atoms with van der Waals surface area (Å²) >= 11 is 0. The standard InChI is InChI=1S/C20H19N4O7P/c25-17-14(8-30-32(27,28)29)31-20(18(17)26)24-10-23-16-15(21-9-22-19(16)24)13-6-5-11-3-1-2-4-12(11)7-13/h1-7,9-10,14,17-18,20,25-26H,8H2,(H2,27,28,29)/t14-,17-,18-,20-/m1/s1. The Morgan fingerprint density at radius 3 is 2.59 bits per heavy atom. The molecule has 0 unspecified atom stereocenters. The molecule has 11 nitrogen and oxygen atoms in total. The molecule has 5 rings (SSSR count). The smallest absolute Gasteiger partial charge is 0.387 e. The maximum Gasteiger partial charge on any atom is 0.469 e. The molecular weight excluding hydrogens is 439 g/mol. The third kappa shape index (κ3) is 3.80. The number of nitrogens with zero attached hydrogens (tertiary/aromatic N) is 4. The Labute approximate surface area is 181 Å². The van der Waals surface area contributed by atoms with Crippen molar-refractivity contribution in [1.82, 2.24) is 19.5 Å². The summed E-state index contributed by atoms with van der Waals surface area (Å²) < 4.78 is 22.5. The van der Waals surface area contributed by atoms with E-state index in [1.54, 1.807) is 0 Å². The van der Waals surface area contributed by atoms with E-state index < -0.39 is 39.0 Å². The second kappa shape index (κ2) is 7.98. The van der Waals surface area contributed by atoms with Crippen molar-refractivity contribution < 1.29 is 33.8 Å². The largest absolute Gasteiger partial charge is 0.469 e. The molecule has 0 amide bonds. The molecule has 0 bridgehead atoms. The number of aliphatic hydroxyl groups excluding tert-OH is 2. The zero-order chi connectivity index (χ0) is 22.5. The Bertz CT molecular complexity index is 1340. The van der Waals surface area contributed by atoms with Crippen molar-refractivity contribution in [3.8, 4) is 11.3 Å². The lowest BCUT2D eigenvalue weighted by molar-refractivity contribution is -0.0504. The Kier molecular flexibility index (Phi) is 5.26. The first-order valence-corrected chi connectivity index (χ1v) is 11.2. The second-order valence-corrected chi connectivity index (χ2v) is 8.68. The Morgan fingerprint density at radius 1 is 1.03 bits per heavy atom. The maximum absolute atomic E-state index is 11.0. The monoisotopic (exact) mass is 458 g/mol. The number of aliphatic hydroxyl groups is 2. The fourth-order valence-electron chi connectivity index (χ4n) is 3.85. The molecule has 0 saturated carbocycles. The van der Waals surface area contributed by atoms with E-state index in [0.29, 0.717) is 16.9 Å². The zero-order valence-corrected chi connectivity index (χ0v) is 17.4. The molecule has 0 aliphatic carbocycles. The molecule has 1 saturated heterocycles. The number of phosphoric ester groups is 1. The van der Waals surface area contributed by atoms with Gasteiger partial charge in [-0.15, -0.1) is 0 Å². The van der Waals surface area contributed by atoms with E-state index in [1.807, 2.05) is 42.5 Å². The highest BCUT2D eigenvalue weighted by Crippen LogP contribution is 2.39. The molecule has 3 heterocycles. The summed E-state index contributed by atoms with van der Waals surface area (Å²) in [5.74, 6) is 0. The topological polar surface area (TPSA) is 160 Å². The first-order chi connectivity index (χ1) is 15.3. The maximum atomic E-state index is 11.0. The lowest BCUT2D eigenvalue weighted by Crippen LogP contribution is -2.33. The van der Waals surface area contributed by atoms with Crippen molar-refractivity contribution in [2.24, 2.45) is 0 Å². The molecule has 2 aromatic heterocycles. The minimum atomic E-state index is -4.75. The predicted octanol–water partition coefficient (Wildman–Crippen LogP) is 1.37. The molecule has 0 spiro atoms. The van der Waals surface area contributed by atoms with Crippen LogP contribution in [-0.2, 0) is 13.8 Å². The summed E-state index contributed by atoms with van der Waals surface area (Å²) in [6.45, 7) is -0.594.